The molecule has 0 aliphatic carbocycles. The summed E-state index contributed by atoms with van der Waals surface area (Å²) in [7, 11) is 0. The van der Waals surface area contributed by atoms with Gasteiger partial charge in [-0.1, -0.05) is 24.3 Å². The lowest BCUT2D eigenvalue weighted by Crippen LogP contribution is -2.19. The van der Waals surface area contributed by atoms with Gasteiger partial charge in [-0.25, -0.2) is 0 Å². The van der Waals surface area contributed by atoms with Gasteiger partial charge in [0, 0.05) is 6.54 Å². The molecule has 2 atom stereocenters. The van der Waals surface area contributed by atoms with Crippen LogP contribution in [0.1, 0.15) is 43.4 Å². The van der Waals surface area contributed by atoms with Gasteiger partial charge in [-0.3, -0.25) is 0 Å². The lowest BCUT2D eigenvalue weighted by Gasteiger charge is -2.18. The number of nitrogens with one attached hydrogen (secondary N) is 1. The van der Waals surface area contributed by atoms with Gasteiger partial charge in [0.1, 0.15) is 6.10 Å². The molecule has 0 aromatic heterocycles. The molecule has 0 spiro atoms. The Morgan fingerprint density at radius 1 is 1.28 bits per heavy atom. The Morgan fingerprint density at radius 2 is 2.11 bits per heavy atom. The molecule has 2 aliphatic rings. The molecule has 18 heavy (non-hydrogen) atoms. The standard InChI is InChI=1S/C15H21NO2/c1-15(2)17-10-14(18-15)12-5-3-4-11(8-12)13-6-7-16-9-13/h3-5,8,13-14,16H,6-7,9-10H2,1-2H3. The summed E-state index contributed by atoms with van der Waals surface area (Å²) in [6.07, 6.45) is 1.31. The molecule has 3 rings (SSSR count). The Balaban J connectivity index is 1.78. The van der Waals surface area contributed by atoms with Gasteiger partial charge in [0.25, 0.3) is 0 Å². The van der Waals surface area contributed by atoms with Crippen LogP contribution in [0.15, 0.2) is 24.3 Å². The Kier molecular flexibility index (Phi) is 3.14. The van der Waals surface area contributed by atoms with Gasteiger partial charge < -0.3 is 14.8 Å². The smallest absolute Gasteiger partial charge is 0.163 e. The molecular weight excluding hydrogens is 226 g/mol. The van der Waals surface area contributed by atoms with Gasteiger partial charge >= 0.3 is 0 Å². The van der Waals surface area contributed by atoms with Crippen LogP contribution in [0.4, 0.5) is 0 Å². The molecule has 98 valence electrons. The lowest BCUT2D eigenvalue weighted by atomic mass is 9.95. The van der Waals surface area contributed by atoms with Crippen molar-refractivity contribution in [2.75, 3.05) is 19.7 Å². The minimum absolute atomic E-state index is 0.0781. The van der Waals surface area contributed by atoms with Crippen LogP contribution < -0.4 is 5.32 Å². The van der Waals surface area contributed by atoms with E-state index in [9.17, 15) is 0 Å². The van der Waals surface area contributed by atoms with E-state index in [1.165, 1.54) is 17.5 Å². The number of ether oxygens (including phenoxy) is 2. The van der Waals surface area contributed by atoms with E-state index >= 15 is 0 Å². The molecule has 0 radical (unpaired) electrons. The maximum absolute atomic E-state index is 5.91. The van der Waals surface area contributed by atoms with Gasteiger partial charge in [-0.2, -0.15) is 0 Å². The number of hydrogen-bond acceptors (Lipinski definition) is 3. The number of hydrogen-bond donors (Lipinski definition) is 1. The van der Waals surface area contributed by atoms with Crippen molar-refractivity contribution in [3.63, 3.8) is 0 Å². The van der Waals surface area contributed by atoms with Crippen molar-refractivity contribution in [2.24, 2.45) is 0 Å². The highest BCUT2D eigenvalue weighted by molar-refractivity contribution is 5.29. The van der Waals surface area contributed by atoms with Crippen LogP contribution in [0.3, 0.4) is 0 Å². The zero-order valence-corrected chi connectivity index (χ0v) is 11.1. The van der Waals surface area contributed by atoms with Crippen LogP contribution in [0, 0.1) is 0 Å². The van der Waals surface area contributed by atoms with E-state index in [-0.39, 0.29) is 6.10 Å². The fraction of sp³-hybridized carbons (Fsp3) is 0.600. The van der Waals surface area contributed by atoms with E-state index in [0.717, 1.165) is 13.1 Å². The summed E-state index contributed by atoms with van der Waals surface area (Å²) >= 11 is 0. The van der Waals surface area contributed by atoms with Crippen molar-refractivity contribution in [1.29, 1.82) is 0 Å². The summed E-state index contributed by atoms with van der Waals surface area (Å²) in [5.74, 6) is 0.204. The SMILES string of the molecule is CC1(C)OCC(c2cccc(C3CCNC3)c2)O1. The second kappa shape index (κ2) is 4.65. The van der Waals surface area contributed by atoms with Gasteiger partial charge in [0.05, 0.1) is 6.61 Å². The summed E-state index contributed by atoms with van der Waals surface area (Å²) in [6.45, 7) is 6.82. The number of rotatable bonds is 2. The maximum Gasteiger partial charge on any atom is 0.163 e. The lowest BCUT2D eigenvalue weighted by molar-refractivity contribution is -0.139. The highest BCUT2D eigenvalue weighted by atomic mass is 16.7. The van der Waals surface area contributed by atoms with Gasteiger partial charge in [-0.05, 0) is 43.9 Å². The van der Waals surface area contributed by atoms with Crippen molar-refractivity contribution in [1.82, 2.24) is 5.32 Å². The molecule has 3 heteroatoms. The zero-order chi connectivity index (χ0) is 12.6. The Morgan fingerprint density at radius 3 is 2.78 bits per heavy atom. The molecule has 2 fully saturated rings. The highest BCUT2D eigenvalue weighted by Gasteiger charge is 2.33. The average Bonchev–Trinajstić information content (AvgIpc) is 2.98. The van der Waals surface area contributed by atoms with Crippen LogP contribution in [-0.4, -0.2) is 25.5 Å². The first-order valence-corrected chi connectivity index (χ1v) is 6.76. The highest BCUT2D eigenvalue weighted by Crippen LogP contribution is 2.34. The predicted octanol–water partition coefficient (Wildman–Crippen LogP) is 2.59. The van der Waals surface area contributed by atoms with Gasteiger partial charge in [-0.15, -0.1) is 0 Å². The molecule has 2 saturated heterocycles. The first-order chi connectivity index (χ1) is 8.64. The largest absolute Gasteiger partial charge is 0.347 e. The molecule has 2 unspecified atom stereocenters. The molecule has 0 saturated carbocycles. The van der Waals surface area contributed by atoms with Gasteiger partial charge in [0.2, 0.25) is 0 Å². The molecule has 0 amide bonds. The van der Waals surface area contributed by atoms with E-state index in [2.05, 4.69) is 29.6 Å². The van der Waals surface area contributed by atoms with Crippen LogP contribution in [-0.2, 0) is 9.47 Å². The summed E-state index contributed by atoms with van der Waals surface area (Å²) in [5.41, 5.74) is 2.66. The average molecular weight is 247 g/mol. The third-order valence-corrected chi connectivity index (χ3v) is 3.82. The van der Waals surface area contributed by atoms with E-state index < -0.39 is 5.79 Å². The molecule has 2 aliphatic heterocycles. The van der Waals surface area contributed by atoms with Crippen molar-refractivity contribution in [3.8, 4) is 0 Å². The topological polar surface area (TPSA) is 30.5 Å². The minimum atomic E-state index is -0.449. The monoisotopic (exact) mass is 247 g/mol. The minimum Gasteiger partial charge on any atom is -0.347 e. The summed E-state index contributed by atoms with van der Waals surface area (Å²) < 4.78 is 11.6. The fourth-order valence-electron chi connectivity index (χ4n) is 2.80. The summed E-state index contributed by atoms with van der Waals surface area (Å²) in [4.78, 5) is 0. The van der Waals surface area contributed by atoms with Gasteiger partial charge in [0.15, 0.2) is 5.79 Å². The number of benzene rings is 1. The zero-order valence-electron chi connectivity index (χ0n) is 11.1. The van der Waals surface area contributed by atoms with Crippen molar-refractivity contribution in [2.45, 2.75) is 38.1 Å². The molecule has 0 bridgehead atoms. The predicted molar refractivity (Wildman–Crippen MR) is 70.5 cm³/mol. The second-order valence-corrected chi connectivity index (χ2v) is 5.68. The molecule has 1 aromatic rings. The normalized spacial score (nSPS) is 30.8. The summed E-state index contributed by atoms with van der Waals surface area (Å²) in [6, 6.07) is 8.79. The Hall–Kier alpha value is -0.900. The third kappa shape index (κ3) is 2.44. The maximum atomic E-state index is 5.91. The Labute approximate surface area is 108 Å². The van der Waals surface area contributed by atoms with Crippen molar-refractivity contribution < 1.29 is 9.47 Å². The van der Waals surface area contributed by atoms with E-state index in [1.54, 1.807) is 0 Å². The van der Waals surface area contributed by atoms with E-state index in [1.807, 2.05) is 13.8 Å². The first-order valence-electron chi connectivity index (χ1n) is 6.76. The van der Waals surface area contributed by atoms with Crippen molar-refractivity contribution >= 4 is 0 Å². The molecule has 2 heterocycles. The Bertz CT molecular complexity index is 424. The first kappa shape index (κ1) is 12.2. The quantitative estimate of drug-likeness (QED) is 0.871. The van der Waals surface area contributed by atoms with E-state index in [4.69, 9.17) is 9.47 Å². The van der Waals surface area contributed by atoms with Crippen molar-refractivity contribution in [3.05, 3.63) is 35.4 Å². The summed E-state index contributed by atoms with van der Waals surface area (Å²) in [5, 5.41) is 3.42. The molecular formula is C15H21NO2. The third-order valence-electron chi connectivity index (χ3n) is 3.82. The van der Waals surface area contributed by atoms with Crippen LogP contribution in [0.2, 0.25) is 0 Å². The van der Waals surface area contributed by atoms with E-state index in [0.29, 0.717) is 12.5 Å². The second-order valence-electron chi connectivity index (χ2n) is 5.68. The molecule has 1 aromatic carbocycles. The van der Waals surface area contributed by atoms with Crippen LogP contribution in [0.25, 0.3) is 0 Å². The molecule has 3 nitrogen and oxygen atoms in total. The van der Waals surface area contributed by atoms with Crippen LogP contribution in [0.5, 0.6) is 0 Å². The van der Waals surface area contributed by atoms with Crippen LogP contribution >= 0.6 is 0 Å². The molecule has 1 N–H and O–H groups in total. The fourth-order valence-corrected chi connectivity index (χ4v) is 2.80.